The van der Waals surface area contributed by atoms with Crippen LogP contribution in [0.25, 0.3) is 0 Å². The van der Waals surface area contributed by atoms with Gasteiger partial charge in [0.15, 0.2) is 5.60 Å². The van der Waals surface area contributed by atoms with Crippen molar-refractivity contribution in [2.24, 2.45) is 11.8 Å². The number of rotatable bonds is 7. The summed E-state index contributed by atoms with van der Waals surface area (Å²) in [5, 5.41) is 9.75. The first kappa shape index (κ1) is 27.8. The predicted molar refractivity (Wildman–Crippen MR) is 152 cm³/mol. The average Bonchev–Trinajstić information content (AvgIpc) is 3.59. The van der Waals surface area contributed by atoms with Gasteiger partial charge in [-0.1, -0.05) is 37.3 Å². The average molecular weight is 564 g/mol. The van der Waals surface area contributed by atoms with Gasteiger partial charge in [-0.2, -0.15) is 0 Å². The van der Waals surface area contributed by atoms with Crippen LogP contribution < -0.4 is 9.80 Å². The maximum absolute atomic E-state index is 15.9. The number of para-hydroxylation sites is 1. The highest BCUT2D eigenvalue weighted by atomic mass is 19.1. The second kappa shape index (κ2) is 10.2. The maximum atomic E-state index is 15.9. The number of alkyl halides is 1. The third-order valence-electron chi connectivity index (χ3n) is 9.57. The van der Waals surface area contributed by atoms with Crippen molar-refractivity contribution in [2.75, 3.05) is 29.5 Å². The Balaban J connectivity index is 1.33. The molecule has 2 aromatic rings. The van der Waals surface area contributed by atoms with E-state index in [0.29, 0.717) is 30.8 Å². The minimum Gasteiger partial charge on any atom is -0.394 e. The Bertz CT molecular complexity index is 1380. The standard InChI is InChI=1S/C32H38FN3O5/c1-20-29(31(2,3)33)26(17-28(39)34-14-7-10-23(34)19-37)41-32(20)24-11-4-5-12-25(24)36(30(32)40)18-21-8-6-9-22(16-21)35-15-13-27(35)38/h4-6,8-9,11-12,16,20,23,26,29,37H,7,10,13-15,17-19H2,1-3H3/t20-,23+,26+,29-,32+/m1/s1. The van der Waals surface area contributed by atoms with Crippen LogP contribution in [-0.2, 0) is 31.3 Å². The van der Waals surface area contributed by atoms with Gasteiger partial charge in [-0.05, 0) is 50.5 Å². The van der Waals surface area contributed by atoms with Gasteiger partial charge in [-0.15, -0.1) is 0 Å². The molecule has 0 aliphatic carbocycles. The number of likely N-dealkylation sites (tertiary alicyclic amines) is 1. The summed E-state index contributed by atoms with van der Waals surface area (Å²) in [6, 6.07) is 14.9. The molecule has 8 nitrogen and oxygen atoms in total. The molecule has 0 radical (unpaired) electrons. The van der Waals surface area contributed by atoms with Gasteiger partial charge in [0.05, 0.1) is 37.4 Å². The SMILES string of the molecule is C[C@@H]1[C@@H](C(C)(C)F)[C@H](CC(=O)N2CCC[C@H]2CO)O[C@@]12C(=O)N(Cc1cccc(N3CCC3=O)c1)c1ccccc12. The number of hydrogen-bond donors (Lipinski definition) is 1. The number of nitrogens with zero attached hydrogens (tertiary/aromatic N) is 3. The van der Waals surface area contributed by atoms with E-state index in [2.05, 4.69) is 0 Å². The Morgan fingerprint density at radius 1 is 1.15 bits per heavy atom. The summed E-state index contributed by atoms with van der Waals surface area (Å²) in [5.74, 6) is -1.62. The zero-order valence-electron chi connectivity index (χ0n) is 23.9. The monoisotopic (exact) mass is 563 g/mol. The topological polar surface area (TPSA) is 90.4 Å². The van der Waals surface area contributed by atoms with Gasteiger partial charge in [0.25, 0.3) is 5.91 Å². The van der Waals surface area contributed by atoms with Gasteiger partial charge in [0.1, 0.15) is 5.67 Å². The van der Waals surface area contributed by atoms with Crippen LogP contribution in [0.5, 0.6) is 0 Å². The number of anilines is 2. The summed E-state index contributed by atoms with van der Waals surface area (Å²) >= 11 is 0. The van der Waals surface area contributed by atoms with Crippen molar-refractivity contribution in [2.45, 2.75) is 76.4 Å². The van der Waals surface area contributed by atoms with Gasteiger partial charge in [-0.25, -0.2) is 4.39 Å². The molecular weight excluding hydrogens is 525 g/mol. The van der Waals surface area contributed by atoms with Crippen LogP contribution in [0.1, 0.15) is 57.6 Å². The molecule has 4 heterocycles. The van der Waals surface area contributed by atoms with Crippen molar-refractivity contribution in [3.8, 4) is 0 Å². The van der Waals surface area contributed by atoms with Gasteiger partial charge in [0.2, 0.25) is 11.8 Å². The highest BCUT2D eigenvalue weighted by Gasteiger charge is 2.66. The Morgan fingerprint density at radius 2 is 1.93 bits per heavy atom. The highest BCUT2D eigenvalue weighted by Crippen LogP contribution is 2.58. The number of carbonyl (C=O) groups is 3. The molecule has 6 rings (SSSR count). The number of ether oxygens (including phenoxy) is 1. The number of benzene rings is 2. The van der Waals surface area contributed by atoms with Gasteiger partial charge in [-0.3, -0.25) is 14.4 Å². The molecule has 3 fully saturated rings. The molecule has 1 spiro atoms. The molecule has 218 valence electrons. The number of amides is 3. The van der Waals surface area contributed by atoms with Crippen molar-refractivity contribution in [3.63, 3.8) is 0 Å². The van der Waals surface area contributed by atoms with Crippen LogP contribution in [0.3, 0.4) is 0 Å². The second-order valence-electron chi connectivity index (χ2n) is 12.4. The summed E-state index contributed by atoms with van der Waals surface area (Å²) in [6.07, 6.45) is 1.22. The summed E-state index contributed by atoms with van der Waals surface area (Å²) in [7, 11) is 0. The Morgan fingerprint density at radius 3 is 2.61 bits per heavy atom. The number of carbonyl (C=O) groups excluding carboxylic acids is 3. The summed E-state index contributed by atoms with van der Waals surface area (Å²) in [6.45, 7) is 6.24. The Kier molecular flexibility index (Phi) is 6.93. The first-order chi connectivity index (χ1) is 19.6. The van der Waals surface area contributed by atoms with E-state index >= 15 is 4.39 Å². The molecule has 5 atom stereocenters. The van der Waals surface area contributed by atoms with Crippen molar-refractivity contribution >= 4 is 29.1 Å². The van der Waals surface area contributed by atoms with Gasteiger partial charge in [0, 0.05) is 42.6 Å². The molecule has 0 unspecified atom stereocenters. The summed E-state index contributed by atoms with van der Waals surface area (Å²) < 4.78 is 22.6. The summed E-state index contributed by atoms with van der Waals surface area (Å²) in [4.78, 5) is 45.0. The van der Waals surface area contributed by atoms with E-state index in [9.17, 15) is 19.5 Å². The highest BCUT2D eigenvalue weighted by molar-refractivity contribution is 6.07. The van der Waals surface area contributed by atoms with E-state index in [-0.39, 0.29) is 43.3 Å². The van der Waals surface area contributed by atoms with Crippen LogP contribution in [0.2, 0.25) is 0 Å². The quantitative estimate of drug-likeness (QED) is 0.516. The summed E-state index contributed by atoms with van der Waals surface area (Å²) in [5.41, 5.74) is -0.0777. The molecule has 41 heavy (non-hydrogen) atoms. The number of halogens is 1. The molecule has 3 amide bonds. The zero-order valence-corrected chi connectivity index (χ0v) is 23.9. The van der Waals surface area contributed by atoms with E-state index in [0.717, 1.165) is 24.1 Å². The fourth-order valence-electron chi connectivity index (χ4n) is 7.59. The van der Waals surface area contributed by atoms with Crippen molar-refractivity contribution in [1.82, 2.24) is 4.90 Å². The van der Waals surface area contributed by atoms with Crippen LogP contribution in [-0.4, -0.2) is 65.2 Å². The second-order valence-corrected chi connectivity index (χ2v) is 12.4. The van der Waals surface area contributed by atoms with Crippen molar-refractivity contribution < 1.29 is 28.6 Å². The van der Waals surface area contributed by atoms with Crippen LogP contribution in [0.15, 0.2) is 48.5 Å². The number of β-lactam (4-membered cyclic amide) rings is 1. The van der Waals surface area contributed by atoms with Gasteiger partial charge < -0.3 is 24.5 Å². The molecule has 0 aromatic heterocycles. The fourth-order valence-corrected chi connectivity index (χ4v) is 7.59. The maximum Gasteiger partial charge on any atom is 0.264 e. The van der Waals surface area contributed by atoms with E-state index in [4.69, 9.17) is 4.74 Å². The first-order valence-electron chi connectivity index (χ1n) is 14.6. The minimum absolute atomic E-state index is 0.0536. The largest absolute Gasteiger partial charge is 0.394 e. The third-order valence-corrected chi connectivity index (χ3v) is 9.57. The smallest absolute Gasteiger partial charge is 0.264 e. The molecule has 3 saturated heterocycles. The molecule has 4 aliphatic heterocycles. The lowest BCUT2D eigenvalue weighted by Crippen LogP contribution is -2.45. The number of hydrogen-bond acceptors (Lipinski definition) is 5. The van der Waals surface area contributed by atoms with Crippen LogP contribution in [0.4, 0.5) is 15.8 Å². The lowest BCUT2D eigenvalue weighted by Gasteiger charge is -2.33. The molecule has 0 bridgehead atoms. The van der Waals surface area contributed by atoms with Crippen LogP contribution >= 0.6 is 0 Å². The van der Waals surface area contributed by atoms with Gasteiger partial charge >= 0.3 is 0 Å². The lowest BCUT2D eigenvalue weighted by molar-refractivity contribution is -0.150. The van der Waals surface area contributed by atoms with E-state index in [1.54, 1.807) is 14.7 Å². The molecular formula is C32H38FN3O5. The van der Waals surface area contributed by atoms with Crippen molar-refractivity contribution in [1.29, 1.82) is 0 Å². The lowest BCUT2D eigenvalue weighted by atomic mass is 9.71. The molecule has 1 N–H and O–H groups in total. The first-order valence-corrected chi connectivity index (χ1v) is 14.6. The fraction of sp³-hybridized carbons (Fsp3) is 0.531. The predicted octanol–water partition coefficient (Wildman–Crippen LogP) is 3.94. The number of fused-ring (bicyclic) bond motifs is 2. The zero-order chi connectivity index (χ0) is 29.1. The number of aliphatic hydroxyl groups excluding tert-OH is 1. The molecule has 9 heteroatoms. The number of aliphatic hydroxyl groups is 1. The normalized spacial score (nSPS) is 29.4. The Hall–Kier alpha value is -3.30. The minimum atomic E-state index is -1.71. The Labute approximate surface area is 240 Å². The third kappa shape index (κ3) is 4.45. The van der Waals surface area contributed by atoms with Crippen LogP contribution in [0, 0.1) is 11.8 Å². The molecule has 2 aromatic carbocycles. The van der Waals surface area contributed by atoms with Crippen molar-refractivity contribution in [3.05, 3.63) is 59.7 Å². The van der Waals surface area contributed by atoms with E-state index in [1.165, 1.54) is 13.8 Å². The molecule has 4 aliphatic rings. The van der Waals surface area contributed by atoms with E-state index in [1.807, 2.05) is 55.5 Å². The molecule has 0 saturated carbocycles. The van der Waals surface area contributed by atoms with E-state index < -0.39 is 29.2 Å².